The third-order valence-corrected chi connectivity index (χ3v) is 5.84. The summed E-state index contributed by atoms with van der Waals surface area (Å²) in [5.41, 5.74) is 0.0828. The maximum absolute atomic E-state index is 14.6. The highest BCUT2D eigenvalue weighted by Gasteiger charge is 2.38. The molecule has 0 spiro atoms. The lowest BCUT2D eigenvalue weighted by atomic mass is 9.82. The van der Waals surface area contributed by atoms with E-state index in [1.165, 1.54) is 12.4 Å². The smallest absolute Gasteiger partial charge is 0.259 e. The maximum Gasteiger partial charge on any atom is 0.259 e. The number of hydrogen-bond donors (Lipinski definition) is 1. The fourth-order valence-electron chi connectivity index (χ4n) is 4.02. The fraction of sp³-hybridized carbons (Fsp3) is 0.375. The number of benzene rings is 1. The van der Waals surface area contributed by atoms with Gasteiger partial charge < -0.3 is 5.32 Å². The van der Waals surface area contributed by atoms with Crippen LogP contribution in [0.1, 0.15) is 73.2 Å². The van der Waals surface area contributed by atoms with Gasteiger partial charge in [-0.15, -0.1) is 0 Å². The van der Waals surface area contributed by atoms with E-state index >= 15 is 0 Å². The zero-order valence-electron chi connectivity index (χ0n) is 18.7. The molecular formula is C24H23F4N5O. The lowest BCUT2D eigenvalue weighted by Crippen LogP contribution is -2.26. The van der Waals surface area contributed by atoms with E-state index in [9.17, 15) is 22.4 Å². The summed E-state index contributed by atoms with van der Waals surface area (Å²) in [5.74, 6) is -4.74. The van der Waals surface area contributed by atoms with Crippen LogP contribution < -0.4 is 5.32 Å². The van der Waals surface area contributed by atoms with E-state index in [0.29, 0.717) is 5.82 Å². The van der Waals surface area contributed by atoms with Gasteiger partial charge in [0.15, 0.2) is 0 Å². The molecule has 1 aromatic carbocycles. The SMILES string of the molecule is CC(C)c1ncc(NC(=O)c2c(-c3cc(F)ccc3F)ncnc2C2CCC(F)(F)CC2)cn1. The predicted octanol–water partition coefficient (Wildman–Crippen LogP) is 5.88. The van der Waals surface area contributed by atoms with Crippen LogP contribution in [0.2, 0.25) is 0 Å². The molecule has 3 aromatic rings. The predicted molar refractivity (Wildman–Crippen MR) is 118 cm³/mol. The van der Waals surface area contributed by atoms with Gasteiger partial charge in [-0.3, -0.25) is 4.79 Å². The summed E-state index contributed by atoms with van der Waals surface area (Å²) in [4.78, 5) is 30.1. The maximum atomic E-state index is 14.6. The Morgan fingerprint density at radius 2 is 1.74 bits per heavy atom. The molecule has 1 N–H and O–H groups in total. The first-order chi connectivity index (χ1) is 16.1. The summed E-state index contributed by atoms with van der Waals surface area (Å²) in [6, 6.07) is 2.83. The molecule has 1 fully saturated rings. The van der Waals surface area contributed by atoms with Gasteiger partial charge >= 0.3 is 0 Å². The first-order valence-electron chi connectivity index (χ1n) is 11.0. The third-order valence-electron chi connectivity index (χ3n) is 5.84. The van der Waals surface area contributed by atoms with Crippen LogP contribution in [-0.2, 0) is 0 Å². The number of nitrogens with zero attached hydrogens (tertiary/aromatic N) is 4. The Hall–Kier alpha value is -3.43. The largest absolute Gasteiger partial charge is 0.319 e. The van der Waals surface area contributed by atoms with Crippen LogP contribution in [0.3, 0.4) is 0 Å². The van der Waals surface area contributed by atoms with Crippen molar-refractivity contribution in [2.75, 3.05) is 5.32 Å². The number of amides is 1. The molecule has 2 heterocycles. The summed E-state index contributed by atoms with van der Waals surface area (Å²) < 4.78 is 56.1. The molecule has 0 unspecified atom stereocenters. The second-order valence-corrected chi connectivity index (χ2v) is 8.68. The second-order valence-electron chi connectivity index (χ2n) is 8.68. The molecule has 6 nitrogen and oxygen atoms in total. The molecular weight excluding hydrogens is 450 g/mol. The molecule has 1 saturated carbocycles. The Balaban J connectivity index is 1.77. The molecule has 0 aliphatic heterocycles. The number of hydrogen-bond acceptors (Lipinski definition) is 5. The van der Waals surface area contributed by atoms with Crippen molar-refractivity contribution in [1.29, 1.82) is 0 Å². The summed E-state index contributed by atoms with van der Waals surface area (Å²) in [7, 11) is 0. The van der Waals surface area contributed by atoms with Gasteiger partial charge in [0.2, 0.25) is 5.92 Å². The standard InChI is InChI=1S/C24H23F4N5O/c1-13(2)22-29-10-16(11-30-22)33-23(34)19-20(14-5-7-24(27,28)8-6-14)31-12-32-21(19)17-9-15(25)3-4-18(17)26/h3-4,9-14H,5-8H2,1-2H3,(H,33,34). The highest BCUT2D eigenvalue weighted by Crippen LogP contribution is 2.42. The molecule has 10 heteroatoms. The third kappa shape index (κ3) is 5.05. The van der Waals surface area contributed by atoms with Gasteiger partial charge in [-0.1, -0.05) is 13.8 Å². The van der Waals surface area contributed by atoms with Crippen molar-refractivity contribution < 1.29 is 22.4 Å². The average Bonchev–Trinajstić information content (AvgIpc) is 2.80. The van der Waals surface area contributed by atoms with E-state index in [1.54, 1.807) is 0 Å². The van der Waals surface area contributed by atoms with Crippen LogP contribution in [-0.4, -0.2) is 31.8 Å². The molecule has 0 bridgehead atoms. The molecule has 34 heavy (non-hydrogen) atoms. The normalized spacial score (nSPS) is 16.0. The lowest BCUT2D eigenvalue weighted by Gasteiger charge is -2.29. The first-order valence-corrected chi connectivity index (χ1v) is 11.0. The molecule has 2 aromatic heterocycles. The fourth-order valence-corrected chi connectivity index (χ4v) is 4.02. The van der Waals surface area contributed by atoms with E-state index in [1.807, 2.05) is 13.8 Å². The Labute approximate surface area is 193 Å². The Kier molecular flexibility index (Phi) is 6.58. The molecule has 0 radical (unpaired) electrons. The highest BCUT2D eigenvalue weighted by atomic mass is 19.3. The number of aromatic nitrogens is 4. The average molecular weight is 473 g/mol. The number of carbonyl (C=O) groups is 1. The Bertz CT molecular complexity index is 1190. The number of rotatable bonds is 5. The van der Waals surface area contributed by atoms with Crippen molar-refractivity contribution >= 4 is 11.6 Å². The minimum atomic E-state index is -2.78. The number of alkyl halides is 2. The minimum Gasteiger partial charge on any atom is -0.319 e. The van der Waals surface area contributed by atoms with Crippen LogP contribution in [0, 0.1) is 11.6 Å². The molecule has 0 saturated heterocycles. The van der Waals surface area contributed by atoms with Crippen LogP contribution in [0.5, 0.6) is 0 Å². The van der Waals surface area contributed by atoms with Gasteiger partial charge in [-0.05, 0) is 31.0 Å². The van der Waals surface area contributed by atoms with E-state index < -0.39 is 29.4 Å². The Morgan fingerprint density at radius 1 is 1.06 bits per heavy atom. The first kappa shape index (κ1) is 23.7. The summed E-state index contributed by atoms with van der Waals surface area (Å²) in [5, 5.41) is 2.66. The van der Waals surface area contributed by atoms with Crippen LogP contribution >= 0.6 is 0 Å². The van der Waals surface area contributed by atoms with Crippen molar-refractivity contribution in [1.82, 2.24) is 19.9 Å². The van der Waals surface area contributed by atoms with Crippen LogP contribution in [0.25, 0.3) is 11.3 Å². The zero-order chi connectivity index (χ0) is 24.5. The van der Waals surface area contributed by atoms with Crippen molar-refractivity contribution in [3.05, 3.63) is 65.6 Å². The van der Waals surface area contributed by atoms with Gasteiger partial charge in [0.05, 0.1) is 35.0 Å². The van der Waals surface area contributed by atoms with Gasteiger partial charge in [0.25, 0.3) is 5.91 Å². The van der Waals surface area contributed by atoms with Crippen molar-refractivity contribution in [2.24, 2.45) is 0 Å². The monoisotopic (exact) mass is 473 g/mol. The van der Waals surface area contributed by atoms with Crippen molar-refractivity contribution in [3.63, 3.8) is 0 Å². The summed E-state index contributed by atoms with van der Waals surface area (Å²) in [6.45, 7) is 3.85. The molecule has 1 amide bonds. The molecule has 178 valence electrons. The van der Waals surface area contributed by atoms with E-state index in [4.69, 9.17) is 0 Å². The van der Waals surface area contributed by atoms with E-state index in [0.717, 1.165) is 24.5 Å². The molecule has 1 aliphatic rings. The highest BCUT2D eigenvalue weighted by molar-refractivity contribution is 6.09. The van der Waals surface area contributed by atoms with Crippen molar-refractivity contribution in [3.8, 4) is 11.3 Å². The van der Waals surface area contributed by atoms with Gasteiger partial charge in [0.1, 0.15) is 23.8 Å². The quantitative estimate of drug-likeness (QED) is 0.468. The summed E-state index contributed by atoms with van der Waals surface area (Å²) >= 11 is 0. The van der Waals surface area contributed by atoms with Crippen LogP contribution in [0.15, 0.2) is 36.9 Å². The summed E-state index contributed by atoms with van der Waals surface area (Å²) in [6.07, 6.45) is 3.51. The van der Waals surface area contributed by atoms with Crippen LogP contribution in [0.4, 0.5) is 23.2 Å². The van der Waals surface area contributed by atoms with Crippen molar-refractivity contribution in [2.45, 2.75) is 57.3 Å². The number of carbonyl (C=O) groups excluding carboxylic acids is 1. The Morgan fingerprint density at radius 3 is 2.38 bits per heavy atom. The van der Waals surface area contributed by atoms with E-state index in [2.05, 4.69) is 25.3 Å². The topological polar surface area (TPSA) is 80.7 Å². The number of halogens is 4. The minimum absolute atomic E-state index is 0.0878. The molecule has 0 atom stereocenters. The molecule has 1 aliphatic carbocycles. The number of anilines is 1. The molecule has 4 rings (SSSR count). The van der Waals surface area contributed by atoms with Gasteiger partial charge in [0, 0.05) is 30.2 Å². The van der Waals surface area contributed by atoms with Gasteiger partial charge in [-0.25, -0.2) is 37.5 Å². The number of nitrogens with one attached hydrogen (secondary N) is 1. The zero-order valence-corrected chi connectivity index (χ0v) is 18.7. The lowest BCUT2D eigenvalue weighted by molar-refractivity contribution is -0.0385. The van der Waals surface area contributed by atoms with Gasteiger partial charge in [-0.2, -0.15) is 0 Å². The van der Waals surface area contributed by atoms with E-state index in [-0.39, 0.29) is 59.8 Å². The second kappa shape index (κ2) is 9.44.